The molecule has 0 aliphatic heterocycles. The fourth-order valence-electron chi connectivity index (χ4n) is 1.04. The third-order valence-corrected chi connectivity index (χ3v) is 1.76. The van der Waals surface area contributed by atoms with Crippen molar-refractivity contribution in [3.63, 3.8) is 0 Å². The Kier molecular flexibility index (Phi) is 8.49. The van der Waals surface area contributed by atoms with Crippen LogP contribution in [0.4, 0.5) is 0 Å². The summed E-state index contributed by atoms with van der Waals surface area (Å²) in [6.07, 6.45) is 2.52. The second-order valence-corrected chi connectivity index (χ2v) is 3.23. The molecule has 0 radical (unpaired) electrons. The van der Waals surface area contributed by atoms with E-state index in [0.717, 1.165) is 13.0 Å². The van der Waals surface area contributed by atoms with Crippen molar-refractivity contribution in [1.29, 1.82) is 0 Å². The van der Waals surface area contributed by atoms with Crippen molar-refractivity contribution < 1.29 is 4.74 Å². The van der Waals surface area contributed by atoms with Gasteiger partial charge in [-0.05, 0) is 18.9 Å². The first-order valence-electron chi connectivity index (χ1n) is 5.22. The largest absolute Gasteiger partial charge is 0.502 e. The van der Waals surface area contributed by atoms with Crippen LogP contribution in [0.25, 0.3) is 0 Å². The number of hydrogen-bond acceptors (Lipinski definition) is 2. The molecule has 1 aromatic carbocycles. The molecule has 0 heterocycles. The van der Waals surface area contributed by atoms with Crippen molar-refractivity contribution >= 4 is 0 Å². The topological polar surface area (TPSA) is 35.2 Å². The Bertz CT molecular complexity index is 271. The third-order valence-electron chi connectivity index (χ3n) is 1.76. The van der Waals surface area contributed by atoms with Crippen LogP contribution in [0.1, 0.15) is 24.5 Å². The molecule has 0 saturated carbocycles. The van der Waals surface area contributed by atoms with Crippen molar-refractivity contribution in [2.24, 2.45) is 5.73 Å². The summed E-state index contributed by atoms with van der Waals surface area (Å²) in [6.45, 7) is 8.94. The fourth-order valence-corrected chi connectivity index (χ4v) is 1.04. The van der Waals surface area contributed by atoms with E-state index in [-0.39, 0.29) is 0 Å². The van der Waals surface area contributed by atoms with Gasteiger partial charge in [0.1, 0.15) is 0 Å². The summed E-state index contributed by atoms with van der Waals surface area (Å²) in [5, 5.41) is 0. The van der Waals surface area contributed by atoms with E-state index in [9.17, 15) is 0 Å². The molecular formula is C13H21NO. The molecule has 2 N–H and O–H groups in total. The highest BCUT2D eigenvalue weighted by Gasteiger charge is 1.86. The summed E-state index contributed by atoms with van der Waals surface area (Å²) in [7, 11) is 0. The van der Waals surface area contributed by atoms with Crippen LogP contribution in [0.15, 0.2) is 37.1 Å². The molecule has 0 fully saturated rings. The molecule has 1 aromatic rings. The molecule has 84 valence electrons. The van der Waals surface area contributed by atoms with Gasteiger partial charge in [-0.25, -0.2) is 0 Å². The molecular weight excluding hydrogens is 186 g/mol. The molecule has 1 rings (SSSR count). The first kappa shape index (κ1) is 13.7. The third kappa shape index (κ3) is 7.77. The predicted octanol–water partition coefficient (Wildman–Crippen LogP) is 3.01. The molecule has 0 aliphatic carbocycles. The molecule has 2 heteroatoms. The van der Waals surface area contributed by atoms with Gasteiger partial charge >= 0.3 is 0 Å². The Morgan fingerprint density at radius 3 is 2.53 bits per heavy atom. The maximum atomic E-state index is 5.42. The first-order valence-corrected chi connectivity index (χ1v) is 5.22. The zero-order valence-electron chi connectivity index (χ0n) is 9.70. The Morgan fingerprint density at radius 1 is 1.47 bits per heavy atom. The second-order valence-electron chi connectivity index (χ2n) is 3.23. The number of hydrogen-bond donors (Lipinski definition) is 1. The van der Waals surface area contributed by atoms with Crippen molar-refractivity contribution in [2.45, 2.75) is 26.8 Å². The lowest BCUT2D eigenvalue weighted by atomic mass is 10.1. The number of ether oxygens (including phenoxy) is 1. The van der Waals surface area contributed by atoms with E-state index in [1.807, 2.05) is 12.1 Å². The van der Waals surface area contributed by atoms with E-state index in [1.54, 1.807) is 0 Å². The SMILES string of the molecule is C=COCCC.Cc1cccc(CN)c1. The van der Waals surface area contributed by atoms with Gasteiger partial charge < -0.3 is 10.5 Å². The van der Waals surface area contributed by atoms with Gasteiger partial charge in [0.05, 0.1) is 12.9 Å². The minimum atomic E-state index is 0.641. The summed E-state index contributed by atoms with van der Waals surface area (Å²) in [5.74, 6) is 0. The molecule has 0 unspecified atom stereocenters. The molecule has 0 saturated heterocycles. The maximum Gasteiger partial charge on any atom is 0.0870 e. The number of nitrogens with two attached hydrogens (primary N) is 1. The van der Waals surface area contributed by atoms with E-state index in [2.05, 4.69) is 32.6 Å². The van der Waals surface area contributed by atoms with Gasteiger partial charge in [-0.2, -0.15) is 0 Å². The maximum absolute atomic E-state index is 5.42. The molecule has 0 aliphatic rings. The average molecular weight is 207 g/mol. The van der Waals surface area contributed by atoms with E-state index in [1.165, 1.54) is 17.4 Å². The van der Waals surface area contributed by atoms with Crippen LogP contribution in [-0.2, 0) is 11.3 Å². The summed E-state index contributed by atoms with van der Waals surface area (Å²) in [5.41, 5.74) is 7.90. The van der Waals surface area contributed by atoms with Crippen LogP contribution in [-0.4, -0.2) is 6.61 Å². The van der Waals surface area contributed by atoms with Crippen molar-refractivity contribution in [3.8, 4) is 0 Å². The lowest BCUT2D eigenvalue weighted by Crippen LogP contribution is -1.95. The van der Waals surface area contributed by atoms with Gasteiger partial charge in [0, 0.05) is 6.54 Å². The Labute approximate surface area is 92.8 Å². The molecule has 0 atom stereocenters. The smallest absolute Gasteiger partial charge is 0.0870 e. The predicted molar refractivity (Wildman–Crippen MR) is 65.5 cm³/mol. The zero-order chi connectivity index (χ0) is 11.5. The van der Waals surface area contributed by atoms with Crippen LogP contribution in [0, 0.1) is 6.92 Å². The Morgan fingerprint density at radius 2 is 2.20 bits per heavy atom. The minimum absolute atomic E-state index is 0.641. The quantitative estimate of drug-likeness (QED) is 0.608. The van der Waals surface area contributed by atoms with Gasteiger partial charge in [0.15, 0.2) is 0 Å². The first-order chi connectivity index (χ1) is 7.24. The summed E-state index contributed by atoms with van der Waals surface area (Å²) < 4.78 is 4.75. The van der Waals surface area contributed by atoms with Gasteiger partial charge in [-0.1, -0.05) is 43.3 Å². The van der Waals surface area contributed by atoms with E-state index < -0.39 is 0 Å². The summed E-state index contributed by atoms with van der Waals surface area (Å²) >= 11 is 0. The minimum Gasteiger partial charge on any atom is -0.502 e. The average Bonchev–Trinajstić information content (AvgIpc) is 2.27. The fraction of sp³-hybridized carbons (Fsp3) is 0.385. The Hall–Kier alpha value is -1.28. The van der Waals surface area contributed by atoms with Crippen LogP contribution < -0.4 is 5.73 Å². The second kappa shape index (κ2) is 9.28. The van der Waals surface area contributed by atoms with Gasteiger partial charge in [-0.3, -0.25) is 0 Å². The molecule has 0 bridgehead atoms. The number of benzene rings is 1. The monoisotopic (exact) mass is 207 g/mol. The Balaban J connectivity index is 0.000000288. The van der Waals surface area contributed by atoms with Crippen LogP contribution in [0.2, 0.25) is 0 Å². The molecule has 0 spiro atoms. The van der Waals surface area contributed by atoms with E-state index >= 15 is 0 Å². The van der Waals surface area contributed by atoms with Crippen molar-refractivity contribution in [2.75, 3.05) is 6.61 Å². The van der Waals surface area contributed by atoms with Crippen molar-refractivity contribution in [3.05, 3.63) is 48.2 Å². The van der Waals surface area contributed by atoms with Gasteiger partial charge in [-0.15, -0.1) is 0 Å². The number of aryl methyl sites for hydroxylation is 1. The van der Waals surface area contributed by atoms with E-state index in [4.69, 9.17) is 10.5 Å². The zero-order valence-corrected chi connectivity index (χ0v) is 9.70. The highest BCUT2D eigenvalue weighted by molar-refractivity contribution is 5.21. The summed E-state index contributed by atoms with van der Waals surface area (Å²) in [4.78, 5) is 0. The molecule has 2 nitrogen and oxygen atoms in total. The lowest BCUT2D eigenvalue weighted by Gasteiger charge is -1.95. The lowest BCUT2D eigenvalue weighted by molar-refractivity contribution is 0.251. The standard InChI is InChI=1S/C8H11N.C5H10O/c1-7-3-2-4-8(5-7)6-9;1-3-5-6-4-2/h2-5H,6,9H2,1H3;4H,2-3,5H2,1H3. The van der Waals surface area contributed by atoms with Crippen LogP contribution >= 0.6 is 0 Å². The van der Waals surface area contributed by atoms with Gasteiger partial charge in [0.25, 0.3) is 0 Å². The molecule has 15 heavy (non-hydrogen) atoms. The summed E-state index contributed by atoms with van der Waals surface area (Å²) in [6, 6.07) is 8.23. The molecule has 0 amide bonds. The highest BCUT2D eigenvalue weighted by Crippen LogP contribution is 2.01. The van der Waals surface area contributed by atoms with Gasteiger partial charge in [0.2, 0.25) is 0 Å². The van der Waals surface area contributed by atoms with Crippen LogP contribution in [0.3, 0.4) is 0 Å². The van der Waals surface area contributed by atoms with E-state index in [0.29, 0.717) is 6.54 Å². The normalized spacial score (nSPS) is 8.73. The van der Waals surface area contributed by atoms with Crippen molar-refractivity contribution in [1.82, 2.24) is 0 Å². The molecule has 0 aromatic heterocycles. The number of rotatable bonds is 4. The highest BCUT2D eigenvalue weighted by atomic mass is 16.5. The van der Waals surface area contributed by atoms with Crippen LogP contribution in [0.5, 0.6) is 0 Å².